The van der Waals surface area contributed by atoms with Gasteiger partial charge in [0.1, 0.15) is 0 Å². The minimum Gasteiger partial charge on any atom is -0.351 e. The van der Waals surface area contributed by atoms with Crippen LogP contribution in [-0.2, 0) is 7.05 Å². The fourth-order valence-corrected chi connectivity index (χ4v) is 1.61. The molecule has 62 valence electrons. The molecule has 1 aromatic carbocycles. The van der Waals surface area contributed by atoms with Crippen molar-refractivity contribution in [2.75, 3.05) is 0 Å². The summed E-state index contributed by atoms with van der Waals surface area (Å²) in [6, 6.07) is 6.53. The molecule has 1 nitrogen and oxygen atoms in total. The van der Waals surface area contributed by atoms with Crippen LogP contribution < -0.4 is 0 Å². The lowest BCUT2D eigenvalue weighted by Gasteiger charge is -2.02. The quantitative estimate of drug-likeness (QED) is 0.557. The van der Waals surface area contributed by atoms with Crippen LogP contribution >= 0.6 is 0 Å². The summed E-state index contributed by atoms with van der Waals surface area (Å²) in [5, 5.41) is 1.37. The molecule has 0 aliphatic heterocycles. The fraction of sp³-hybridized carbons (Fsp3) is 0.273. The molecule has 0 fully saturated rings. The van der Waals surface area contributed by atoms with Crippen LogP contribution in [-0.4, -0.2) is 4.57 Å². The first-order valence-electron chi connectivity index (χ1n) is 4.21. The summed E-state index contributed by atoms with van der Waals surface area (Å²) in [4.78, 5) is 0. The minimum atomic E-state index is 1.32. The van der Waals surface area contributed by atoms with Crippen LogP contribution in [0.5, 0.6) is 0 Å². The van der Waals surface area contributed by atoms with E-state index in [1.54, 1.807) is 0 Å². The van der Waals surface area contributed by atoms with Gasteiger partial charge in [0.2, 0.25) is 0 Å². The molecule has 1 heterocycles. The van der Waals surface area contributed by atoms with Gasteiger partial charge in [0.25, 0.3) is 0 Å². The molecule has 1 heteroatoms. The van der Waals surface area contributed by atoms with Crippen LogP contribution in [0, 0.1) is 13.8 Å². The van der Waals surface area contributed by atoms with Gasteiger partial charge in [-0.1, -0.05) is 6.07 Å². The first-order chi connectivity index (χ1) is 5.70. The van der Waals surface area contributed by atoms with Crippen molar-refractivity contribution in [1.82, 2.24) is 4.57 Å². The van der Waals surface area contributed by atoms with Crippen molar-refractivity contribution in [1.29, 1.82) is 0 Å². The molecule has 0 N–H and O–H groups in total. The fourth-order valence-electron chi connectivity index (χ4n) is 1.61. The third-order valence-electron chi connectivity index (χ3n) is 2.61. The molecule has 0 spiro atoms. The van der Waals surface area contributed by atoms with Crippen LogP contribution in [0.3, 0.4) is 0 Å². The van der Waals surface area contributed by atoms with Gasteiger partial charge < -0.3 is 4.57 Å². The van der Waals surface area contributed by atoms with E-state index in [-0.39, 0.29) is 0 Å². The monoisotopic (exact) mass is 159 g/mol. The van der Waals surface area contributed by atoms with Crippen LogP contribution in [0.15, 0.2) is 24.4 Å². The molecule has 0 saturated carbocycles. The Balaban J connectivity index is 2.93. The maximum atomic E-state index is 2.18. The van der Waals surface area contributed by atoms with Crippen molar-refractivity contribution in [2.24, 2.45) is 7.05 Å². The number of nitrogens with zero attached hydrogens (tertiary/aromatic N) is 1. The van der Waals surface area contributed by atoms with E-state index in [0.717, 1.165) is 0 Å². The van der Waals surface area contributed by atoms with Crippen molar-refractivity contribution >= 4 is 10.9 Å². The van der Waals surface area contributed by atoms with Crippen LogP contribution in [0.4, 0.5) is 0 Å². The van der Waals surface area contributed by atoms with Gasteiger partial charge in [-0.2, -0.15) is 0 Å². The molecule has 0 bridgehead atoms. The van der Waals surface area contributed by atoms with Crippen molar-refractivity contribution in [3.05, 3.63) is 35.5 Å². The predicted octanol–water partition coefficient (Wildman–Crippen LogP) is 2.80. The number of rotatable bonds is 0. The Morgan fingerprint density at radius 2 is 1.83 bits per heavy atom. The Morgan fingerprint density at radius 3 is 2.58 bits per heavy atom. The highest BCUT2D eigenvalue weighted by atomic mass is 14.9. The van der Waals surface area contributed by atoms with Gasteiger partial charge in [-0.3, -0.25) is 0 Å². The molecule has 0 aliphatic carbocycles. The Hall–Kier alpha value is -1.24. The van der Waals surface area contributed by atoms with Gasteiger partial charge in [0.05, 0.1) is 0 Å². The molecule has 0 radical (unpaired) electrons. The van der Waals surface area contributed by atoms with Crippen LogP contribution in [0.2, 0.25) is 0 Å². The molecule has 2 rings (SSSR count). The van der Waals surface area contributed by atoms with Gasteiger partial charge in [-0.05, 0) is 37.1 Å². The SMILES string of the molecule is Cc1ccc2c(ccn2C)c1C. The number of hydrogen-bond donors (Lipinski definition) is 0. The van der Waals surface area contributed by atoms with E-state index in [1.165, 1.54) is 22.0 Å². The second-order valence-corrected chi connectivity index (χ2v) is 3.37. The van der Waals surface area contributed by atoms with Crippen molar-refractivity contribution in [2.45, 2.75) is 13.8 Å². The highest BCUT2D eigenvalue weighted by Gasteiger charge is 2.01. The van der Waals surface area contributed by atoms with E-state index >= 15 is 0 Å². The average Bonchev–Trinajstić information content (AvgIpc) is 2.41. The van der Waals surface area contributed by atoms with E-state index in [9.17, 15) is 0 Å². The lowest BCUT2D eigenvalue weighted by Crippen LogP contribution is -1.86. The molecule has 0 aliphatic rings. The van der Waals surface area contributed by atoms with Gasteiger partial charge in [-0.25, -0.2) is 0 Å². The second kappa shape index (κ2) is 2.37. The van der Waals surface area contributed by atoms with Crippen molar-refractivity contribution < 1.29 is 0 Å². The summed E-state index contributed by atoms with van der Waals surface area (Å²) < 4.78 is 2.15. The van der Waals surface area contributed by atoms with E-state index in [1.807, 2.05) is 0 Å². The Bertz CT molecular complexity index is 424. The van der Waals surface area contributed by atoms with Crippen molar-refractivity contribution in [3.63, 3.8) is 0 Å². The Labute approximate surface area is 72.6 Å². The minimum absolute atomic E-state index is 1.32. The zero-order chi connectivity index (χ0) is 8.72. The summed E-state index contributed by atoms with van der Waals surface area (Å²) in [5.74, 6) is 0. The number of aryl methyl sites for hydroxylation is 3. The number of benzene rings is 1. The maximum absolute atomic E-state index is 2.18. The van der Waals surface area contributed by atoms with E-state index < -0.39 is 0 Å². The smallest absolute Gasteiger partial charge is 0.0480 e. The third-order valence-corrected chi connectivity index (χ3v) is 2.61. The molecule has 12 heavy (non-hydrogen) atoms. The summed E-state index contributed by atoms with van der Waals surface area (Å²) in [6.07, 6.45) is 2.11. The zero-order valence-corrected chi connectivity index (χ0v) is 7.76. The standard InChI is InChI=1S/C11H13N/c1-8-4-5-11-10(9(8)2)6-7-12(11)3/h4-7H,1-3H3. The van der Waals surface area contributed by atoms with Gasteiger partial charge in [0, 0.05) is 24.1 Å². The lowest BCUT2D eigenvalue weighted by atomic mass is 10.1. The molecule has 2 aromatic rings. The zero-order valence-electron chi connectivity index (χ0n) is 7.76. The maximum Gasteiger partial charge on any atom is 0.0480 e. The summed E-state index contributed by atoms with van der Waals surface area (Å²) in [5.41, 5.74) is 4.08. The lowest BCUT2D eigenvalue weighted by molar-refractivity contribution is 0.969. The number of hydrogen-bond acceptors (Lipinski definition) is 0. The largest absolute Gasteiger partial charge is 0.351 e. The van der Waals surface area contributed by atoms with E-state index in [4.69, 9.17) is 0 Å². The first-order valence-corrected chi connectivity index (χ1v) is 4.21. The molecule has 1 aromatic heterocycles. The molecule has 0 atom stereocenters. The summed E-state index contributed by atoms with van der Waals surface area (Å²) >= 11 is 0. The Kier molecular flexibility index (Phi) is 1.47. The second-order valence-electron chi connectivity index (χ2n) is 3.37. The molecule has 0 unspecified atom stereocenters. The third kappa shape index (κ3) is 0.860. The van der Waals surface area contributed by atoms with E-state index in [0.29, 0.717) is 0 Å². The van der Waals surface area contributed by atoms with Crippen LogP contribution in [0.25, 0.3) is 10.9 Å². The van der Waals surface area contributed by atoms with Gasteiger partial charge >= 0.3 is 0 Å². The number of fused-ring (bicyclic) bond motifs is 1. The highest BCUT2D eigenvalue weighted by molar-refractivity contribution is 5.84. The van der Waals surface area contributed by atoms with Gasteiger partial charge in [0.15, 0.2) is 0 Å². The Morgan fingerprint density at radius 1 is 1.08 bits per heavy atom. The predicted molar refractivity (Wildman–Crippen MR) is 52.4 cm³/mol. The highest BCUT2D eigenvalue weighted by Crippen LogP contribution is 2.21. The summed E-state index contributed by atoms with van der Waals surface area (Å²) in [6.45, 7) is 4.33. The molecule has 0 saturated heterocycles. The topological polar surface area (TPSA) is 4.93 Å². The average molecular weight is 159 g/mol. The normalized spacial score (nSPS) is 10.9. The number of aromatic nitrogens is 1. The van der Waals surface area contributed by atoms with Crippen LogP contribution in [0.1, 0.15) is 11.1 Å². The first kappa shape index (κ1) is 7.41. The molecular weight excluding hydrogens is 146 g/mol. The molecule has 0 amide bonds. The van der Waals surface area contributed by atoms with Crippen molar-refractivity contribution in [3.8, 4) is 0 Å². The van der Waals surface area contributed by atoms with E-state index in [2.05, 4.69) is 49.9 Å². The summed E-state index contributed by atoms with van der Waals surface area (Å²) in [7, 11) is 2.08. The molecular formula is C11H13N. The van der Waals surface area contributed by atoms with Gasteiger partial charge in [-0.15, -0.1) is 0 Å².